The maximum absolute atomic E-state index is 11.9. The smallest absolute Gasteiger partial charge is 0.262 e. The Morgan fingerprint density at radius 3 is 2.95 bits per heavy atom. The second-order valence-electron chi connectivity index (χ2n) is 5.04. The summed E-state index contributed by atoms with van der Waals surface area (Å²) in [7, 11) is 0. The van der Waals surface area contributed by atoms with Crippen LogP contribution in [0.5, 0.6) is 5.75 Å². The molecule has 0 aliphatic carbocycles. The van der Waals surface area contributed by atoms with E-state index in [1.807, 2.05) is 0 Å². The quantitative estimate of drug-likeness (QED) is 0.742. The highest BCUT2D eigenvalue weighted by Gasteiger charge is 2.19. The van der Waals surface area contributed by atoms with E-state index in [1.54, 1.807) is 32.0 Å². The van der Waals surface area contributed by atoms with Gasteiger partial charge in [-0.25, -0.2) is 0 Å². The number of hydrogen-bond acceptors (Lipinski definition) is 4. The zero-order chi connectivity index (χ0) is 14.0. The summed E-state index contributed by atoms with van der Waals surface area (Å²) < 4.78 is 5.23. The van der Waals surface area contributed by atoms with Crippen LogP contribution in [-0.4, -0.2) is 35.7 Å². The summed E-state index contributed by atoms with van der Waals surface area (Å²) >= 11 is 0. The molecule has 1 aromatic carbocycles. The lowest BCUT2D eigenvalue weighted by Gasteiger charge is -2.20. The molecule has 6 heteroatoms. The van der Waals surface area contributed by atoms with Crippen molar-refractivity contribution in [2.75, 3.05) is 18.5 Å². The van der Waals surface area contributed by atoms with Gasteiger partial charge in [-0.1, -0.05) is 0 Å². The summed E-state index contributed by atoms with van der Waals surface area (Å²) in [5, 5.41) is 14.8. The average Bonchev–Trinajstić information content (AvgIpc) is 2.34. The molecule has 0 saturated carbocycles. The fourth-order valence-corrected chi connectivity index (χ4v) is 1.61. The SMILES string of the molecule is CC(C)(O)CNC(=O)c1ccc2c(c1)OCC(=O)N2. The van der Waals surface area contributed by atoms with E-state index in [2.05, 4.69) is 10.6 Å². The molecule has 2 amide bonds. The largest absolute Gasteiger partial charge is 0.482 e. The molecule has 19 heavy (non-hydrogen) atoms. The number of aliphatic hydroxyl groups is 1. The predicted molar refractivity (Wildman–Crippen MR) is 69.2 cm³/mol. The number of hydrogen-bond donors (Lipinski definition) is 3. The summed E-state index contributed by atoms with van der Waals surface area (Å²) in [4.78, 5) is 23.0. The summed E-state index contributed by atoms with van der Waals surface area (Å²) in [6, 6.07) is 4.77. The van der Waals surface area contributed by atoms with E-state index < -0.39 is 5.60 Å². The van der Waals surface area contributed by atoms with E-state index in [9.17, 15) is 14.7 Å². The first-order valence-electron chi connectivity index (χ1n) is 5.92. The van der Waals surface area contributed by atoms with Gasteiger partial charge in [-0.2, -0.15) is 0 Å². The number of benzene rings is 1. The molecule has 1 aromatic rings. The van der Waals surface area contributed by atoms with Crippen LogP contribution in [0.15, 0.2) is 18.2 Å². The molecular formula is C13H16N2O4. The van der Waals surface area contributed by atoms with E-state index in [4.69, 9.17) is 4.74 Å². The van der Waals surface area contributed by atoms with Crippen molar-refractivity contribution in [2.24, 2.45) is 0 Å². The Balaban J connectivity index is 2.09. The third-order valence-electron chi connectivity index (χ3n) is 2.56. The van der Waals surface area contributed by atoms with Gasteiger partial charge >= 0.3 is 0 Å². The van der Waals surface area contributed by atoms with Crippen LogP contribution in [0.4, 0.5) is 5.69 Å². The Hall–Kier alpha value is -2.08. The standard InChI is InChI=1S/C13H16N2O4/c1-13(2,18)7-14-12(17)8-3-4-9-10(5-8)19-6-11(16)15-9/h3-5,18H,6-7H2,1-2H3,(H,14,17)(H,15,16). The third-order valence-corrected chi connectivity index (χ3v) is 2.56. The fourth-order valence-electron chi connectivity index (χ4n) is 1.61. The van der Waals surface area contributed by atoms with Gasteiger partial charge in [0.25, 0.3) is 11.8 Å². The Morgan fingerprint density at radius 1 is 1.53 bits per heavy atom. The van der Waals surface area contributed by atoms with Crippen molar-refractivity contribution in [3.05, 3.63) is 23.8 Å². The number of anilines is 1. The number of carbonyl (C=O) groups excluding carboxylic acids is 2. The molecule has 0 aromatic heterocycles. The van der Waals surface area contributed by atoms with Crippen molar-refractivity contribution in [3.8, 4) is 5.75 Å². The summed E-state index contributed by atoms with van der Waals surface area (Å²) in [5.74, 6) is -0.0485. The van der Waals surface area contributed by atoms with Crippen LogP contribution >= 0.6 is 0 Å². The first kappa shape index (κ1) is 13.4. The molecule has 0 atom stereocenters. The second-order valence-corrected chi connectivity index (χ2v) is 5.04. The van der Waals surface area contributed by atoms with E-state index in [1.165, 1.54) is 0 Å². The summed E-state index contributed by atoms with van der Waals surface area (Å²) in [5.41, 5.74) is 0.00313. The Bertz CT molecular complexity index is 520. The molecule has 1 aliphatic heterocycles. The lowest BCUT2D eigenvalue weighted by Crippen LogP contribution is -2.38. The van der Waals surface area contributed by atoms with Gasteiger partial charge in [-0.15, -0.1) is 0 Å². The molecular weight excluding hydrogens is 248 g/mol. The lowest BCUT2D eigenvalue weighted by atomic mass is 10.1. The Labute approximate surface area is 110 Å². The van der Waals surface area contributed by atoms with Gasteiger partial charge in [0.05, 0.1) is 11.3 Å². The minimum absolute atomic E-state index is 0.0538. The monoisotopic (exact) mass is 264 g/mol. The molecule has 0 bridgehead atoms. The van der Waals surface area contributed by atoms with Crippen LogP contribution in [0, 0.1) is 0 Å². The van der Waals surface area contributed by atoms with Crippen molar-refractivity contribution in [1.29, 1.82) is 0 Å². The minimum atomic E-state index is -0.964. The number of rotatable bonds is 3. The molecule has 3 N–H and O–H groups in total. The molecule has 1 heterocycles. The predicted octanol–water partition coefficient (Wildman–Crippen LogP) is 0.518. The van der Waals surface area contributed by atoms with Crippen molar-refractivity contribution in [3.63, 3.8) is 0 Å². The molecule has 2 rings (SSSR count). The average molecular weight is 264 g/mol. The maximum atomic E-state index is 11.9. The van der Waals surface area contributed by atoms with Gasteiger partial charge < -0.3 is 20.5 Å². The highest BCUT2D eigenvalue weighted by Crippen LogP contribution is 2.28. The number of carbonyl (C=O) groups is 2. The third kappa shape index (κ3) is 3.45. The molecule has 0 saturated heterocycles. The Morgan fingerprint density at radius 2 is 2.26 bits per heavy atom. The zero-order valence-electron chi connectivity index (χ0n) is 10.8. The second kappa shape index (κ2) is 4.89. The minimum Gasteiger partial charge on any atom is -0.482 e. The summed E-state index contributed by atoms with van der Waals surface area (Å²) in [6.07, 6.45) is 0. The van der Waals surface area contributed by atoms with E-state index in [-0.39, 0.29) is 25.0 Å². The van der Waals surface area contributed by atoms with Gasteiger partial charge in [0, 0.05) is 12.1 Å². The number of amides is 2. The molecule has 0 spiro atoms. The van der Waals surface area contributed by atoms with Crippen molar-refractivity contribution in [1.82, 2.24) is 5.32 Å². The first-order valence-corrected chi connectivity index (χ1v) is 5.92. The van der Waals surface area contributed by atoms with Crippen LogP contribution in [0.25, 0.3) is 0 Å². The normalized spacial score (nSPS) is 14.2. The van der Waals surface area contributed by atoms with Crippen LogP contribution in [0.1, 0.15) is 24.2 Å². The van der Waals surface area contributed by atoms with Gasteiger partial charge in [0.2, 0.25) is 0 Å². The van der Waals surface area contributed by atoms with Crippen molar-refractivity contribution >= 4 is 17.5 Å². The fraction of sp³-hybridized carbons (Fsp3) is 0.385. The topological polar surface area (TPSA) is 87.7 Å². The first-order chi connectivity index (χ1) is 8.85. The molecule has 0 fully saturated rings. The van der Waals surface area contributed by atoms with E-state index in [0.717, 1.165) is 0 Å². The van der Waals surface area contributed by atoms with Gasteiger partial charge in [0.15, 0.2) is 6.61 Å². The molecule has 0 unspecified atom stereocenters. The van der Waals surface area contributed by atoms with Crippen LogP contribution in [0.2, 0.25) is 0 Å². The zero-order valence-corrected chi connectivity index (χ0v) is 10.8. The Kier molecular flexibility index (Phi) is 3.44. The van der Waals surface area contributed by atoms with Crippen LogP contribution < -0.4 is 15.4 Å². The highest BCUT2D eigenvalue weighted by atomic mass is 16.5. The molecule has 102 valence electrons. The van der Waals surface area contributed by atoms with Crippen molar-refractivity contribution < 1.29 is 19.4 Å². The molecule has 1 aliphatic rings. The van der Waals surface area contributed by atoms with Crippen LogP contribution in [0.3, 0.4) is 0 Å². The lowest BCUT2D eigenvalue weighted by molar-refractivity contribution is -0.118. The molecule has 6 nitrogen and oxygen atoms in total. The van der Waals surface area contributed by atoms with Gasteiger partial charge in [0.1, 0.15) is 5.75 Å². The van der Waals surface area contributed by atoms with Gasteiger partial charge in [-0.3, -0.25) is 9.59 Å². The summed E-state index contributed by atoms with van der Waals surface area (Å²) in [6.45, 7) is 3.32. The molecule has 0 radical (unpaired) electrons. The van der Waals surface area contributed by atoms with Gasteiger partial charge in [-0.05, 0) is 32.0 Å². The van der Waals surface area contributed by atoms with Crippen molar-refractivity contribution in [2.45, 2.75) is 19.4 Å². The maximum Gasteiger partial charge on any atom is 0.262 e. The number of nitrogens with one attached hydrogen (secondary N) is 2. The number of ether oxygens (including phenoxy) is 1. The van der Waals surface area contributed by atoms with E-state index >= 15 is 0 Å². The van der Waals surface area contributed by atoms with E-state index in [0.29, 0.717) is 17.0 Å². The highest BCUT2D eigenvalue weighted by molar-refractivity contribution is 5.98. The number of fused-ring (bicyclic) bond motifs is 1. The van der Waals surface area contributed by atoms with Crippen LogP contribution in [-0.2, 0) is 4.79 Å².